The van der Waals surface area contributed by atoms with E-state index in [9.17, 15) is 13.2 Å². The highest BCUT2D eigenvalue weighted by Crippen LogP contribution is 2.35. The Balaban J connectivity index is 1.81. The molecule has 0 saturated carbocycles. The highest BCUT2D eigenvalue weighted by atomic mass is 19.4. The van der Waals surface area contributed by atoms with Gasteiger partial charge in [-0.05, 0) is 54.8 Å². The average Bonchev–Trinajstić information content (AvgIpc) is 2.74. The standard InChI is InChI=1S/C23H25F3N4O/c1-3-5-16-6-8-18(9-7-16)29-22-27-15-20(23(24,25)26)21(30-22)28-17-10-12-19(13-11-17)31-14-4-2/h6-13,15H,3-5,14H2,1-2H3,(H2,27,28,29,30). The van der Waals surface area contributed by atoms with Crippen LogP contribution in [0.5, 0.6) is 5.75 Å². The number of hydrogen-bond acceptors (Lipinski definition) is 5. The average molecular weight is 430 g/mol. The summed E-state index contributed by atoms with van der Waals surface area (Å²) in [7, 11) is 0. The van der Waals surface area contributed by atoms with Gasteiger partial charge >= 0.3 is 6.18 Å². The highest BCUT2D eigenvalue weighted by molar-refractivity contribution is 5.63. The number of rotatable bonds is 9. The fourth-order valence-corrected chi connectivity index (χ4v) is 2.91. The summed E-state index contributed by atoms with van der Waals surface area (Å²) in [5.41, 5.74) is 1.41. The molecule has 0 aliphatic carbocycles. The third-order valence-corrected chi connectivity index (χ3v) is 4.43. The largest absolute Gasteiger partial charge is 0.494 e. The topological polar surface area (TPSA) is 59.1 Å². The van der Waals surface area contributed by atoms with Crippen LogP contribution in [0.2, 0.25) is 0 Å². The van der Waals surface area contributed by atoms with Gasteiger partial charge in [-0.25, -0.2) is 4.98 Å². The molecule has 0 spiro atoms. The predicted octanol–water partition coefficient (Wildman–Crippen LogP) is 6.72. The summed E-state index contributed by atoms with van der Waals surface area (Å²) in [4.78, 5) is 7.92. The van der Waals surface area contributed by atoms with Crippen molar-refractivity contribution >= 4 is 23.1 Å². The minimum Gasteiger partial charge on any atom is -0.494 e. The van der Waals surface area contributed by atoms with Crippen molar-refractivity contribution in [2.75, 3.05) is 17.2 Å². The second-order valence-electron chi connectivity index (χ2n) is 7.02. The summed E-state index contributed by atoms with van der Waals surface area (Å²) < 4.78 is 45.9. The highest BCUT2D eigenvalue weighted by Gasteiger charge is 2.35. The first-order chi connectivity index (χ1) is 14.9. The monoisotopic (exact) mass is 430 g/mol. The molecule has 1 aromatic heterocycles. The van der Waals surface area contributed by atoms with Gasteiger partial charge in [0.2, 0.25) is 5.95 Å². The second-order valence-corrected chi connectivity index (χ2v) is 7.02. The zero-order valence-electron chi connectivity index (χ0n) is 17.5. The van der Waals surface area contributed by atoms with Crippen molar-refractivity contribution in [3.8, 4) is 5.75 Å². The van der Waals surface area contributed by atoms with Gasteiger partial charge in [0.1, 0.15) is 17.1 Å². The maximum absolute atomic E-state index is 13.5. The number of anilines is 4. The lowest BCUT2D eigenvalue weighted by Crippen LogP contribution is -2.12. The Hall–Kier alpha value is -3.29. The third-order valence-electron chi connectivity index (χ3n) is 4.43. The van der Waals surface area contributed by atoms with Crippen LogP contribution < -0.4 is 15.4 Å². The number of aryl methyl sites for hydroxylation is 1. The second kappa shape index (κ2) is 10.1. The zero-order valence-corrected chi connectivity index (χ0v) is 17.5. The molecule has 5 nitrogen and oxygen atoms in total. The van der Waals surface area contributed by atoms with Gasteiger partial charge < -0.3 is 15.4 Å². The fourth-order valence-electron chi connectivity index (χ4n) is 2.91. The van der Waals surface area contributed by atoms with E-state index in [-0.39, 0.29) is 11.8 Å². The van der Waals surface area contributed by atoms with E-state index >= 15 is 0 Å². The molecule has 8 heteroatoms. The summed E-state index contributed by atoms with van der Waals surface area (Å²) in [5.74, 6) is 0.400. The first-order valence-corrected chi connectivity index (χ1v) is 10.2. The first kappa shape index (κ1) is 22.4. The van der Waals surface area contributed by atoms with E-state index in [0.717, 1.165) is 25.5 Å². The number of halogens is 3. The molecule has 0 unspecified atom stereocenters. The van der Waals surface area contributed by atoms with Gasteiger partial charge in [-0.2, -0.15) is 18.2 Å². The summed E-state index contributed by atoms with van der Waals surface area (Å²) in [6, 6.07) is 14.3. The van der Waals surface area contributed by atoms with Gasteiger partial charge in [0.05, 0.1) is 6.61 Å². The van der Waals surface area contributed by atoms with E-state index < -0.39 is 11.7 Å². The Morgan fingerprint density at radius 2 is 1.52 bits per heavy atom. The molecule has 1 heterocycles. The van der Waals surface area contributed by atoms with Crippen LogP contribution in [-0.4, -0.2) is 16.6 Å². The third kappa shape index (κ3) is 6.34. The minimum absolute atomic E-state index is 0.0710. The summed E-state index contributed by atoms with van der Waals surface area (Å²) in [5, 5.41) is 5.71. The van der Waals surface area contributed by atoms with Crippen molar-refractivity contribution < 1.29 is 17.9 Å². The van der Waals surface area contributed by atoms with E-state index in [1.165, 1.54) is 5.56 Å². The molecule has 0 fully saturated rings. The Kier molecular flexibility index (Phi) is 7.33. The maximum atomic E-state index is 13.5. The van der Waals surface area contributed by atoms with E-state index in [4.69, 9.17) is 4.74 Å². The van der Waals surface area contributed by atoms with E-state index in [1.807, 2.05) is 31.2 Å². The Morgan fingerprint density at radius 1 is 0.871 bits per heavy atom. The van der Waals surface area contributed by atoms with Gasteiger partial charge in [-0.1, -0.05) is 32.4 Å². The predicted molar refractivity (Wildman–Crippen MR) is 116 cm³/mol. The normalized spacial score (nSPS) is 11.3. The molecular weight excluding hydrogens is 405 g/mol. The molecule has 0 bridgehead atoms. The molecule has 0 saturated heterocycles. The van der Waals surface area contributed by atoms with Gasteiger partial charge in [-0.15, -0.1) is 0 Å². The molecular formula is C23H25F3N4O. The maximum Gasteiger partial charge on any atom is 0.421 e. The van der Waals surface area contributed by atoms with Crippen molar-refractivity contribution in [1.82, 2.24) is 9.97 Å². The number of aromatic nitrogens is 2. The molecule has 3 rings (SSSR count). The molecule has 2 N–H and O–H groups in total. The molecule has 0 aliphatic rings. The molecule has 3 aromatic rings. The number of benzene rings is 2. The molecule has 0 amide bonds. The molecule has 164 valence electrons. The number of hydrogen-bond donors (Lipinski definition) is 2. The van der Waals surface area contributed by atoms with Crippen molar-refractivity contribution in [2.24, 2.45) is 0 Å². The first-order valence-electron chi connectivity index (χ1n) is 10.2. The minimum atomic E-state index is -4.59. The van der Waals surface area contributed by atoms with Crippen LogP contribution in [0.15, 0.2) is 54.7 Å². The van der Waals surface area contributed by atoms with E-state index in [2.05, 4.69) is 27.5 Å². The Morgan fingerprint density at radius 3 is 2.13 bits per heavy atom. The molecule has 0 aliphatic heterocycles. The number of ether oxygens (including phenoxy) is 1. The fraction of sp³-hybridized carbons (Fsp3) is 0.304. The number of nitrogens with zero attached hydrogens (tertiary/aromatic N) is 2. The van der Waals surface area contributed by atoms with Crippen LogP contribution in [0.3, 0.4) is 0 Å². The van der Waals surface area contributed by atoms with Crippen LogP contribution in [-0.2, 0) is 12.6 Å². The summed E-state index contributed by atoms with van der Waals surface area (Å²) >= 11 is 0. The van der Waals surface area contributed by atoms with Crippen LogP contribution in [0.25, 0.3) is 0 Å². The van der Waals surface area contributed by atoms with Crippen molar-refractivity contribution in [1.29, 1.82) is 0 Å². The van der Waals surface area contributed by atoms with Crippen LogP contribution >= 0.6 is 0 Å². The molecule has 31 heavy (non-hydrogen) atoms. The number of nitrogens with one attached hydrogen (secondary N) is 2. The summed E-state index contributed by atoms with van der Waals surface area (Å²) in [6.07, 6.45) is -0.940. The van der Waals surface area contributed by atoms with Gasteiger partial charge in [0, 0.05) is 17.6 Å². The quantitative estimate of drug-likeness (QED) is 0.394. The molecule has 0 atom stereocenters. The smallest absolute Gasteiger partial charge is 0.421 e. The lowest BCUT2D eigenvalue weighted by Gasteiger charge is -2.15. The number of alkyl halides is 3. The van der Waals surface area contributed by atoms with Crippen molar-refractivity contribution in [2.45, 2.75) is 39.3 Å². The Labute approximate surface area is 179 Å². The van der Waals surface area contributed by atoms with E-state index in [1.54, 1.807) is 24.3 Å². The summed E-state index contributed by atoms with van der Waals surface area (Å²) in [6.45, 7) is 4.67. The Bertz CT molecular complexity index is 974. The van der Waals surface area contributed by atoms with Gasteiger partial charge in [0.25, 0.3) is 0 Å². The van der Waals surface area contributed by atoms with Gasteiger partial charge in [0.15, 0.2) is 0 Å². The van der Waals surface area contributed by atoms with Crippen molar-refractivity contribution in [3.05, 3.63) is 65.9 Å². The molecule has 2 aromatic carbocycles. The van der Waals surface area contributed by atoms with Crippen LogP contribution in [0.1, 0.15) is 37.8 Å². The molecule has 0 radical (unpaired) electrons. The van der Waals surface area contributed by atoms with Crippen LogP contribution in [0.4, 0.5) is 36.3 Å². The van der Waals surface area contributed by atoms with Crippen molar-refractivity contribution in [3.63, 3.8) is 0 Å². The van der Waals surface area contributed by atoms with Crippen LogP contribution in [0, 0.1) is 0 Å². The lowest BCUT2D eigenvalue weighted by atomic mass is 10.1. The van der Waals surface area contributed by atoms with Gasteiger partial charge in [-0.3, -0.25) is 0 Å². The SMILES string of the molecule is CCCOc1ccc(Nc2nc(Nc3ccc(CCC)cc3)ncc2C(F)(F)F)cc1. The zero-order chi connectivity index (χ0) is 22.3. The lowest BCUT2D eigenvalue weighted by molar-refractivity contribution is -0.137. The van der Waals surface area contributed by atoms with E-state index in [0.29, 0.717) is 23.7 Å².